The van der Waals surface area contributed by atoms with Crippen LogP contribution >= 0.6 is 23.5 Å². The van der Waals surface area contributed by atoms with Gasteiger partial charge in [-0.2, -0.15) is 0 Å². The van der Waals surface area contributed by atoms with Gasteiger partial charge in [-0.05, 0) is 42.7 Å². The first-order chi connectivity index (χ1) is 14.9. The number of carbonyl (C=O) groups excluding carboxylic acids is 3. The number of imide groups is 1. The Balaban J connectivity index is 1.35. The molecule has 0 aromatic heterocycles. The molecule has 0 spiro atoms. The summed E-state index contributed by atoms with van der Waals surface area (Å²) in [5.41, 5.74) is 2.41. The molecular weight excluding hydrogens is 432 g/mol. The number of hydroxylamine groups is 2. The predicted octanol–water partition coefficient (Wildman–Crippen LogP) is 4.50. The average Bonchev–Trinajstić information content (AvgIpc) is 3.08. The Labute approximate surface area is 192 Å². The molecule has 2 amide bonds. The van der Waals surface area contributed by atoms with Crippen molar-refractivity contribution >= 4 is 53.1 Å². The molecule has 6 nitrogen and oxygen atoms in total. The summed E-state index contributed by atoms with van der Waals surface area (Å²) in [7, 11) is 4.08. The van der Waals surface area contributed by atoms with Crippen LogP contribution in [0.5, 0.6) is 0 Å². The van der Waals surface area contributed by atoms with E-state index < -0.39 is 17.8 Å². The second kappa shape index (κ2) is 11.6. The van der Waals surface area contributed by atoms with E-state index in [9.17, 15) is 14.4 Å². The second-order valence-electron chi connectivity index (χ2n) is 7.92. The van der Waals surface area contributed by atoms with Crippen molar-refractivity contribution in [2.45, 2.75) is 54.8 Å². The van der Waals surface area contributed by atoms with Crippen molar-refractivity contribution in [1.82, 2.24) is 5.06 Å². The van der Waals surface area contributed by atoms with Crippen molar-refractivity contribution in [3.63, 3.8) is 0 Å². The largest absolute Gasteiger partial charge is 0.378 e. The number of benzene rings is 1. The first kappa shape index (κ1) is 23.7. The predicted molar refractivity (Wildman–Crippen MR) is 128 cm³/mol. The number of unbranched alkanes of at least 4 members (excludes halogenated alkanes) is 1. The summed E-state index contributed by atoms with van der Waals surface area (Å²) in [6, 6.07) is 8.54. The number of nitrogens with zero attached hydrogens (tertiary/aromatic N) is 2. The molecular formula is C23H30N2O4S2. The van der Waals surface area contributed by atoms with Crippen molar-refractivity contribution in [2.75, 3.05) is 24.7 Å². The molecule has 2 aliphatic heterocycles. The first-order valence-electron chi connectivity index (χ1n) is 10.7. The zero-order valence-corrected chi connectivity index (χ0v) is 19.8. The van der Waals surface area contributed by atoms with E-state index in [2.05, 4.69) is 41.3 Å². The van der Waals surface area contributed by atoms with E-state index in [1.165, 1.54) is 17.7 Å². The second-order valence-corrected chi connectivity index (χ2v) is 10.9. The van der Waals surface area contributed by atoms with Gasteiger partial charge in [0.05, 0.1) is 4.58 Å². The fourth-order valence-corrected chi connectivity index (χ4v) is 6.62. The Hall–Kier alpha value is -1.93. The maximum atomic E-state index is 11.9. The summed E-state index contributed by atoms with van der Waals surface area (Å²) in [5.74, 6) is -0.214. The molecule has 2 saturated heterocycles. The molecule has 2 heterocycles. The lowest BCUT2D eigenvalue weighted by Gasteiger charge is -2.26. The lowest BCUT2D eigenvalue weighted by Crippen LogP contribution is -2.31. The van der Waals surface area contributed by atoms with Crippen LogP contribution in [0.25, 0.3) is 6.08 Å². The molecule has 0 saturated carbocycles. The van der Waals surface area contributed by atoms with Crippen LogP contribution in [0.15, 0.2) is 30.3 Å². The van der Waals surface area contributed by atoms with Crippen LogP contribution in [0.1, 0.15) is 50.5 Å². The highest BCUT2D eigenvalue weighted by Crippen LogP contribution is 2.39. The molecule has 1 aromatic rings. The van der Waals surface area contributed by atoms with Gasteiger partial charge in [0.1, 0.15) is 0 Å². The van der Waals surface area contributed by atoms with Gasteiger partial charge < -0.3 is 9.74 Å². The third kappa shape index (κ3) is 7.31. The molecule has 0 radical (unpaired) electrons. The van der Waals surface area contributed by atoms with Gasteiger partial charge in [-0.25, -0.2) is 4.79 Å². The third-order valence-corrected chi connectivity index (χ3v) is 8.24. The number of amides is 2. The number of hydrogen-bond acceptors (Lipinski definition) is 7. The summed E-state index contributed by atoms with van der Waals surface area (Å²) in [6.07, 6.45) is 8.84. The van der Waals surface area contributed by atoms with Crippen molar-refractivity contribution in [3.05, 3.63) is 35.9 Å². The Kier molecular flexibility index (Phi) is 8.90. The van der Waals surface area contributed by atoms with Crippen molar-refractivity contribution in [2.24, 2.45) is 0 Å². The summed E-state index contributed by atoms with van der Waals surface area (Å²) >= 11 is 3.98. The summed E-state index contributed by atoms with van der Waals surface area (Å²) in [4.78, 5) is 41.9. The van der Waals surface area contributed by atoms with Gasteiger partial charge in [0.2, 0.25) is 0 Å². The van der Waals surface area contributed by atoms with Gasteiger partial charge in [-0.3, -0.25) is 9.59 Å². The van der Waals surface area contributed by atoms with Crippen LogP contribution in [0, 0.1) is 0 Å². The van der Waals surface area contributed by atoms with Gasteiger partial charge >= 0.3 is 5.97 Å². The molecule has 3 rings (SSSR count). The van der Waals surface area contributed by atoms with E-state index in [-0.39, 0.29) is 19.3 Å². The van der Waals surface area contributed by atoms with Crippen molar-refractivity contribution in [1.29, 1.82) is 0 Å². The maximum absolute atomic E-state index is 11.9. The highest BCUT2D eigenvalue weighted by molar-refractivity contribution is 8.18. The molecule has 2 atom stereocenters. The van der Waals surface area contributed by atoms with Gasteiger partial charge in [-0.1, -0.05) is 30.7 Å². The van der Waals surface area contributed by atoms with E-state index in [1.807, 2.05) is 37.6 Å². The SMILES string of the molecule is CN(C)c1ccc(/C=C/C2SCCC(CCCCC(=O)ON3C(=O)CCC3=O)S2)cc1. The van der Waals surface area contributed by atoms with E-state index in [0.29, 0.717) is 21.3 Å². The average molecular weight is 463 g/mol. The Morgan fingerprint density at radius 3 is 2.55 bits per heavy atom. The smallest absolute Gasteiger partial charge is 0.333 e. The van der Waals surface area contributed by atoms with E-state index in [0.717, 1.165) is 18.6 Å². The minimum absolute atomic E-state index is 0.125. The molecule has 168 valence electrons. The van der Waals surface area contributed by atoms with Crippen LogP contribution in [-0.2, 0) is 19.2 Å². The van der Waals surface area contributed by atoms with Crippen molar-refractivity contribution < 1.29 is 19.2 Å². The molecule has 2 unspecified atom stereocenters. The normalized spacial score (nSPS) is 21.7. The zero-order valence-electron chi connectivity index (χ0n) is 18.1. The van der Waals surface area contributed by atoms with Crippen LogP contribution in [0.2, 0.25) is 0 Å². The molecule has 0 N–H and O–H groups in total. The summed E-state index contributed by atoms with van der Waals surface area (Å²) in [5, 5.41) is 1.21. The fraction of sp³-hybridized carbons (Fsp3) is 0.522. The van der Waals surface area contributed by atoms with E-state index in [4.69, 9.17) is 4.84 Å². The molecule has 2 fully saturated rings. The Morgan fingerprint density at radius 1 is 1.16 bits per heavy atom. The van der Waals surface area contributed by atoms with Crippen LogP contribution in [-0.4, -0.2) is 52.5 Å². The zero-order chi connectivity index (χ0) is 22.2. The minimum Gasteiger partial charge on any atom is -0.378 e. The topological polar surface area (TPSA) is 66.9 Å². The first-order valence-corrected chi connectivity index (χ1v) is 12.7. The monoisotopic (exact) mass is 462 g/mol. The highest BCUT2D eigenvalue weighted by Gasteiger charge is 2.32. The van der Waals surface area contributed by atoms with Gasteiger partial charge in [-0.15, -0.1) is 28.6 Å². The third-order valence-electron chi connectivity index (χ3n) is 5.26. The molecule has 8 heteroatoms. The highest BCUT2D eigenvalue weighted by atomic mass is 32.2. The molecule has 31 heavy (non-hydrogen) atoms. The number of hydrogen-bond donors (Lipinski definition) is 0. The quantitative estimate of drug-likeness (QED) is 0.395. The van der Waals surface area contributed by atoms with Crippen LogP contribution in [0.4, 0.5) is 5.69 Å². The fourth-order valence-electron chi connectivity index (χ4n) is 3.45. The molecule has 0 aliphatic carbocycles. The van der Waals surface area contributed by atoms with Gasteiger partial charge in [0.25, 0.3) is 11.8 Å². The number of thioether (sulfide) groups is 2. The molecule has 2 aliphatic rings. The minimum atomic E-state index is -0.503. The molecule has 1 aromatic carbocycles. The Bertz CT molecular complexity index is 794. The van der Waals surface area contributed by atoms with Crippen molar-refractivity contribution in [3.8, 4) is 0 Å². The number of carbonyl (C=O) groups is 3. The molecule has 0 bridgehead atoms. The standard InChI is InChI=1S/C23H30N2O4S2/c1-24(2)18-10-7-17(8-11-18)9-14-23-30-16-15-19(31-23)5-3-4-6-22(28)29-25-20(26)12-13-21(25)27/h7-11,14,19,23H,3-6,12-13,15-16H2,1-2H3/b14-9+. The van der Waals surface area contributed by atoms with Gasteiger partial charge in [0.15, 0.2) is 0 Å². The van der Waals surface area contributed by atoms with Gasteiger partial charge in [0, 0.05) is 44.3 Å². The summed E-state index contributed by atoms with van der Waals surface area (Å²) < 4.78 is 0.449. The van der Waals surface area contributed by atoms with Crippen LogP contribution < -0.4 is 4.90 Å². The summed E-state index contributed by atoms with van der Waals surface area (Å²) in [6.45, 7) is 0. The number of rotatable bonds is 9. The van der Waals surface area contributed by atoms with E-state index in [1.54, 1.807) is 0 Å². The number of anilines is 1. The maximum Gasteiger partial charge on any atom is 0.333 e. The Morgan fingerprint density at radius 2 is 1.87 bits per heavy atom. The lowest BCUT2D eigenvalue weighted by atomic mass is 10.1. The van der Waals surface area contributed by atoms with Crippen LogP contribution in [0.3, 0.4) is 0 Å². The lowest BCUT2D eigenvalue weighted by molar-refractivity contribution is -0.197. The van der Waals surface area contributed by atoms with E-state index >= 15 is 0 Å².